The van der Waals surface area contributed by atoms with Gasteiger partial charge >= 0.3 is 6.18 Å². The lowest BCUT2D eigenvalue weighted by molar-refractivity contribution is -0.137. The van der Waals surface area contributed by atoms with E-state index in [-0.39, 0.29) is 23.0 Å². The highest BCUT2D eigenvalue weighted by Gasteiger charge is 2.30. The monoisotopic (exact) mass is 382 g/mol. The summed E-state index contributed by atoms with van der Waals surface area (Å²) in [6.07, 6.45) is -4.53. The van der Waals surface area contributed by atoms with Crippen molar-refractivity contribution >= 4 is 11.6 Å². The van der Waals surface area contributed by atoms with Crippen LogP contribution in [0.4, 0.5) is 27.6 Å². The molecule has 10 heteroatoms. The number of aryl methyl sites for hydroxylation is 1. The molecule has 2 aromatic carbocycles. The summed E-state index contributed by atoms with van der Waals surface area (Å²) < 4.78 is 65.8. The van der Waals surface area contributed by atoms with Gasteiger partial charge in [0, 0.05) is 11.8 Å². The quantitative estimate of drug-likeness (QED) is 0.693. The molecule has 27 heavy (non-hydrogen) atoms. The maximum atomic E-state index is 13.2. The molecule has 5 nitrogen and oxygen atoms in total. The predicted octanol–water partition coefficient (Wildman–Crippen LogP) is 4.13. The molecule has 140 valence electrons. The zero-order chi connectivity index (χ0) is 19.8. The smallest absolute Gasteiger partial charge is 0.319 e. The first-order valence-electron chi connectivity index (χ1n) is 7.53. The van der Waals surface area contributed by atoms with Gasteiger partial charge in [0.25, 0.3) is 5.91 Å². The molecule has 3 rings (SSSR count). The molecular formula is C17H11F5N4O. The van der Waals surface area contributed by atoms with Gasteiger partial charge in [-0.3, -0.25) is 4.79 Å². The van der Waals surface area contributed by atoms with Gasteiger partial charge in [-0.15, -0.1) is 5.10 Å². The van der Waals surface area contributed by atoms with Gasteiger partial charge < -0.3 is 5.32 Å². The van der Waals surface area contributed by atoms with Crippen molar-refractivity contribution in [3.63, 3.8) is 0 Å². The molecule has 0 bridgehead atoms. The van der Waals surface area contributed by atoms with Crippen molar-refractivity contribution in [2.45, 2.75) is 13.1 Å². The van der Waals surface area contributed by atoms with Crippen LogP contribution < -0.4 is 5.32 Å². The van der Waals surface area contributed by atoms with Gasteiger partial charge in [0.1, 0.15) is 5.82 Å². The van der Waals surface area contributed by atoms with Gasteiger partial charge in [-0.25, -0.2) is 18.4 Å². The molecule has 1 amide bonds. The lowest BCUT2D eigenvalue weighted by Gasteiger charge is -2.09. The number of amides is 1. The maximum absolute atomic E-state index is 13.2. The van der Waals surface area contributed by atoms with Crippen LogP contribution >= 0.6 is 0 Å². The summed E-state index contributed by atoms with van der Waals surface area (Å²) in [6, 6.07) is 7.14. The van der Waals surface area contributed by atoms with Crippen molar-refractivity contribution in [1.29, 1.82) is 0 Å². The maximum Gasteiger partial charge on any atom is 0.416 e. The van der Waals surface area contributed by atoms with Crippen LogP contribution in [0.15, 0.2) is 42.5 Å². The number of carbonyl (C=O) groups is 1. The van der Waals surface area contributed by atoms with Crippen molar-refractivity contribution in [1.82, 2.24) is 14.8 Å². The molecular weight excluding hydrogens is 371 g/mol. The fraction of sp³-hybridized carbons (Fsp3) is 0.118. The Morgan fingerprint density at radius 1 is 1.07 bits per heavy atom. The first-order valence-corrected chi connectivity index (χ1v) is 7.53. The van der Waals surface area contributed by atoms with Crippen molar-refractivity contribution in [3.05, 3.63) is 71.3 Å². The second kappa shape index (κ2) is 6.78. The normalized spacial score (nSPS) is 11.5. The van der Waals surface area contributed by atoms with Crippen molar-refractivity contribution < 1.29 is 26.7 Å². The topological polar surface area (TPSA) is 59.8 Å². The summed E-state index contributed by atoms with van der Waals surface area (Å²) >= 11 is 0. The number of nitrogens with zero attached hydrogens (tertiary/aromatic N) is 3. The minimum Gasteiger partial charge on any atom is -0.319 e. The zero-order valence-corrected chi connectivity index (χ0v) is 13.7. The second-order valence-corrected chi connectivity index (χ2v) is 5.53. The molecule has 3 aromatic rings. The van der Waals surface area contributed by atoms with Gasteiger partial charge in [-0.1, -0.05) is 6.07 Å². The number of anilines is 1. The second-order valence-electron chi connectivity index (χ2n) is 5.53. The van der Waals surface area contributed by atoms with E-state index in [4.69, 9.17) is 0 Å². The van der Waals surface area contributed by atoms with Crippen LogP contribution in [-0.4, -0.2) is 20.7 Å². The molecule has 0 saturated heterocycles. The van der Waals surface area contributed by atoms with Crippen LogP contribution in [0.1, 0.15) is 22.0 Å². The lowest BCUT2D eigenvalue weighted by Crippen LogP contribution is -2.14. The number of benzene rings is 2. The van der Waals surface area contributed by atoms with E-state index in [2.05, 4.69) is 15.4 Å². The number of halogens is 5. The van der Waals surface area contributed by atoms with E-state index in [0.29, 0.717) is 0 Å². The molecule has 0 unspecified atom stereocenters. The first-order chi connectivity index (χ1) is 12.6. The van der Waals surface area contributed by atoms with E-state index in [1.165, 1.54) is 19.1 Å². The summed E-state index contributed by atoms with van der Waals surface area (Å²) in [7, 11) is 0. The zero-order valence-electron chi connectivity index (χ0n) is 13.7. The number of hydrogen-bond donors (Lipinski definition) is 1. The third-order valence-electron chi connectivity index (χ3n) is 3.57. The highest BCUT2D eigenvalue weighted by Crippen LogP contribution is 2.30. The van der Waals surface area contributed by atoms with Crippen molar-refractivity contribution in [3.8, 4) is 5.69 Å². The number of carbonyl (C=O) groups excluding carboxylic acids is 1. The Bertz CT molecular complexity index is 1010. The fourth-order valence-corrected chi connectivity index (χ4v) is 2.31. The van der Waals surface area contributed by atoms with Crippen LogP contribution in [0.2, 0.25) is 0 Å². The summed E-state index contributed by atoms with van der Waals surface area (Å²) in [5, 5.41) is 6.19. The van der Waals surface area contributed by atoms with E-state index in [0.717, 1.165) is 35.0 Å². The van der Waals surface area contributed by atoms with Crippen LogP contribution in [0.3, 0.4) is 0 Å². The largest absolute Gasteiger partial charge is 0.416 e. The van der Waals surface area contributed by atoms with Gasteiger partial charge in [-0.05, 0) is 37.3 Å². The van der Waals surface area contributed by atoms with Crippen LogP contribution in [0, 0.1) is 18.6 Å². The number of rotatable bonds is 3. The molecule has 0 atom stereocenters. The van der Waals surface area contributed by atoms with Crippen LogP contribution in [0.25, 0.3) is 5.69 Å². The molecule has 1 aromatic heterocycles. The molecule has 0 fully saturated rings. The molecule has 0 aliphatic heterocycles. The van der Waals surface area contributed by atoms with Crippen LogP contribution in [-0.2, 0) is 6.18 Å². The van der Waals surface area contributed by atoms with Crippen LogP contribution in [0.5, 0.6) is 0 Å². The molecule has 0 saturated carbocycles. The van der Waals surface area contributed by atoms with E-state index < -0.39 is 29.3 Å². The predicted molar refractivity (Wildman–Crippen MR) is 85.4 cm³/mol. The van der Waals surface area contributed by atoms with Gasteiger partial charge in [-0.2, -0.15) is 13.2 Å². The third kappa shape index (κ3) is 3.94. The molecule has 0 spiro atoms. The van der Waals surface area contributed by atoms with Gasteiger partial charge in [0.05, 0.1) is 11.3 Å². The van der Waals surface area contributed by atoms with E-state index in [9.17, 15) is 26.7 Å². The Morgan fingerprint density at radius 3 is 2.48 bits per heavy atom. The summed E-state index contributed by atoms with van der Waals surface area (Å²) in [6.45, 7) is 1.46. The highest BCUT2D eigenvalue weighted by atomic mass is 19.4. The highest BCUT2D eigenvalue weighted by molar-refractivity contribution is 6.01. The van der Waals surface area contributed by atoms with E-state index >= 15 is 0 Å². The SMILES string of the molecule is Cc1nc(C(=O)Nc2ccc(F)c(F)c2)nn1-c1cccc(C(F)(F)F)c1. The summed E-state index contributed by atoms with van der Waals surface area (Å²) in [5.74, 6) is -3.21. The fourth-order valence-electron chi connectivity index (χ4n) is 2.31. The summed E-state index contributed by atoms with van der Waals surface area (Å²) in [4.78, 5) is 16.1. The Labute approximate surface area is 149 Å². The summed E-state index contributed by atoms with van der Waals surface area (Å²) in [5.41, 5.74) is -0.823. The Kier molecular flexibility index (Phi) is 4.64. The molecule has 0 radical (unpaired) electrons. The Morgan fingerprint density at radius 2 is 1.81 bits per heavy atom. The van der Waals surface area contributed by atoms with E-state index in [1.54, 1.807) is 0 Å². The lowest BCUT2D eigenvalue weighted by atomic mass is 10.2. The van der Waals surface area contributed by atoms with Gasteiger partial charge in [0.2, 0.25) is 5.82 Å². The molecule has 0 aliphatic rings. The number of hydrogen-bond acceptors (Lipinski definition) is 3. The standard InChI is InChI=1S/C17H11F5N4O/c1-9-23-15(16(27)24-11-5-6-13(18)14(19)8-11)25-26(9)12-4-2-3-10(7-12)17(20,21)22/h2-8H,1H3,(H,24,27). The molecule has 0 aliphatic carbocycles. The van der Waals surface area contributed by atoms with E-state index in [1.807, 2.05) is 0 Å². The number of nitrogens with one attached hydrogen (secondary N) is 1. The average molecular weight is 382 g/mol. The first kappa shape index (κ1) is 18.5. The molecule has 1 heterocycles. The number of aromatic nitrogens is 3. The minimum absolute atomic E-state index is 0.0213. The Balaban J connectivity index is 1.88. The Hall–Kier alpha value is -3.30. The molecule has 1 N–H and O–H groups in total. The minimum atomic E-state index is -4.53. The number of alkyl halides is 3. The van der Waals surface area contributed by atoms with Crippen molar-refractivity contribution in [2.24, 2.45) is 0 Å². The third-order valence-corrected chi connectivity index (χ3v) is 3.57. The van der Waals surface area contributed by atoms with Gasteiger partial charge in [0.15, 0.2) is 11.6 Å². The van der Waals surface area contributed by atoms with Crippen molar-refractivity contribution in [2.75, 3.05) is 5.32 Å². The average Bonchev–Trinajstić information content (AvgIpc) is 2.99.